The highest BCUT2D eigenvalue weighted by Gasteiger charge is 2.36. The summed E-state index contributed by atoms with van der Waals surface area (Å²) >= 11 is 0. The Morgan fingerprint density at radius 2 is 1.93 bits per heavy atom. The van der Waals surface area contributed by atoms with Crippen molar-refractivity contribution in [1.82, 2.24) is 5.32 Å². The van der Waals surface area contributed by atoms with Crippen molar-refractivity contribution in [2.24, 2.45) is 10.9 Å². The van der Waals surface area contributed by atoms with Gasteiger partial charge in [-0.25, -0.2) is 0 Å². The summed E-state index contributed by atoms with van der Waals surface area (Å²) in [6.45, 7) is 3.75. The molecule has 2 aliphatic rings. The molecule has 0 aromatic carbocycles. The van der Waals surface area contributed by atoms with Gasteiger partial charge in [0.15, 0.2) is 0 Å². The first kappa shape index (κ1) is 9.69. The minimum absolute atomic E-state index is 0.0538. The van der Waals surface area contributed by atoms with Gasteiger partial charge in [0.25, 0.3) is 5.91 Å². The van der Waals surface area contributed by atoms with Gasteiger partial charge < -0.3 is 5.32 Å². The molecule has 78 valence electrons. The van der Waals surface area contributed by atoms with Crippen LogP contribution in [0.2, 0.25) is 0 Å². The quantitative estimate of drug-likeness (QED) is 0.680. The second-order valence-electron chi connectivity index (χ2n) is 4.85. The van der Waals surface area contributed by atoms with E-state index < -0.39 is 5.54 Å². The third-order valence-corrected chi connectivity index (χ3v) is 3.19. The molecular formula is C11H18N2O. The van der Waals surface area contributed by atoms with Crippen molar-refractivity contribution < 1.29 is 4.79 Å². The maximum atomic E-state index is 11.5. The van der Waals surface area contributed by atoms with Gasteiger partial charge in [-0.3, -0.25) is 9.79 Å². The highest BCUT2D eigenvalue weighted by molar-refractivity contribution is 6.08. The minimum Gasteiger partial charge on any atom is -0.312 e. The summed E-state index contributed by atoms with van der Waals surface area (Å²) in [4.78, 5) is 16.0. The van der Waals surface area contributed by atoms with E-state index in [-0.39, 0.29) is 5.91 Å². The summed E-state index contributed by atoms with van der Waals surface area (Å²) in [5.74, 6) is 1.51. The third kappa shape index (κ3) is 1.68. The molecule has 0 bridgehead atoms. The Balaban J connectivity index is 2.09. The van der Waals surface area contributed by atoms with E-state index in [4.69, 9.17) is 0 Å². The molecule has 2 rings (SSSR count). The molecule has 3 heteroatoms. The zero-order valence-electron chi connectivity index (χ0n) is 8.97. The lowest BCUT2D eigenvalue weighted by Crippen LogP contribution is -2.36. The number of carbonyl (C=O) groups excluding carboxylic acids is 1. The van der Waals surface area contributed by atoms with Gasteiger partial charge in [0, 0.05) is 5.92 Å². The molecule has 1 saturated carbocycles. The van der Waals surface area contributed by atoms with E-state index in [0.29, 0.717) is 5.92 Å². The van der Waals surface area contributed by atoms with Crippen LogP contribution in [-0.4, -0.2) is 17.3 Å². The normalized spacial score (nSPS) is 27.3. The van der Waals surface area contributed by atoms with Crippen molar-refractivity contribution in [2.45, 2.75) is 51.5 Å². The number of carbonyl (C=O) groups is 1. The molecule has 0 atom stereocenters. The first-order valence-electron chi connectivity index (χ1n) is 5.51. The number of hydrogen-bond donors (Lipinski definition) is 1. The van der Waals surface area contributed by atoms with E-state index in [1.165, 1.54) is 32.1 Å². The SMILES string of the molecule is CC1(C)N=C(C2CCCCC2)NC1=O. The Kier molecular flexibility index (Phi) is 2.33. The maximum absolute atomic E-state index is 11.5. The molecule has 1 aliphatic carbocycles. The zero-order valence-corrected chi connectivity index (χ0v) is 8.97. The van der Waals surface area contributed by atoms with Gasteiger partial charge in [0.05, 0.1) is 0 Å². The summed E-state index contributed by atoms with van der Waals surface area (Å²) in [7, 11) is 0. The summed E-state index contributed by atoms with van der Waals surface area (Å²) in [6.07, 6.45) is 6.27. The molecule has 3 nitrogen and oxygen atoms in total. The number of nitrogens with one attached hydrogen (secondary N) is 1. The first-order valence-corrected chi connectivity index (χ1v) is 5.51. The van der Waals surface area contributed by atoms with Crippen molar-refractivity contribution in [3.05, 3.63) is 0 Å². The molecule has 1 aliphatic heterocycles. The fourth-order valence-electron chi connectivity index (χ4n) is 2.22. The topological polar surface area (TPSA) is 41.5 Å². The van der Waals surface area contributed by atoms with Crippen molar-refractivity contribution in [2.75, 3.05) is 0 Å². The molecule has 1 heterocycles. The van der Waals surface area contributed by atoms with Crippen molar-refractivity contribution >= 4 is 11.7 Å². The predicted molar refractivity (Wildman–Crippen MR) is 56.2 cm³/mol. The summed E-state index contributed by atoms with van der Waals surface area (Å²) < 4.78 is 0. The molecule has 0 spiro atoms. The molecular weight excluding hydrogens is 176 g/mol. The molecule has 1 N–H and O–H groups in total. The fourth-order valence-corrected chi connectivity index (χ4v) is 2.22. The van der Waals surface area contributed by atoms with Crippen LogP contribution in [-0.2, 0) is 4.79 Å². The Bertz CT molecular complexity index is 275. The predicted octanol–water partition coefficient (Wildman–Crippen LogP) is 1.87. The number of hydrogen-bond acceptors (Lipinski definition) is 2. The first-order chi connectivity index (χ1) is 6.59. The molecule has 0 saturated heterocycles. The van der Waals surface area contributed by atoms with Gasteiger partial charge in [-0.05, 0) is 26.7 Å². The molecule has 0 radical (unpaired) electrons. The lowest BCUT2D eigenvalue weighted by molar-refractivity contribution is -0.122. The highest BCUT2D eigenvalue weighted by Crippen LogP contribution is 2.27. The average Bonchev–Trinajstić information content (AvgIpc) is 2.43. The van der Waals surface area contributed by atoms with Crippen LogP contribution in [0, 0.1) is 5.92 Å². The van der Waals surface area contributed by atoms with Crippen LogP contribution < -0.4 is 5.32 Å². The van der Waals surface area contributed by atoms with Crippen LogP contribution in [0.3, 0.4) is 0 Å². The van der Waals surface area contributed by atoms with Crippen LogP contribution in [0.25, 0.3) is 0 Å². The van der Waals surface area contributed by atoms with Gasteiger partial charge in [-0.2, -0.15) is 0 Å². The molecule has 1 fully saturated rings. The van der Waals surface area contributed by atoms with Crippen LogP contribution in [0.15, 0.2) is 4.99 Å². The van der Waals surface area contributed by atoms with Gasteiger partial charge in [0.1, 0.15) is 11.4 Å². The Hall–Kier alpha value is -0.860. The lowest BCUT2D eigenvalue weighted by atomic mass is 9.88. The fraction of sp³-hybridized carbons (Fsp3) is 0.818. The van der Waals surface area contributed by atoms with E-state index in [2.05, 4.69) is 10.3 Å². The maximum Gasteiger partial charge on any atom is 0.252 e. The molecule has 0 unspecified atom stereocenters. The van der Waals surface area contributed by atoms with E-state index in [0.717, 1.165) is 5.84 Å². The number of aliphatic imine (C=N–C) groups is 1. The van der Waals surface area contributed by atoms with E-state index in [1.54, 1.807) is 0 Å². The van der Waals surface area contributed by atoms with Crippen LogP contribution in [0.4, 0.5) is 0 Å². The molecule has 0 aromatic rings. The van der Waals surface area contributed by atoms with Crippen molar-refractivity contribution in [3.63, 3.8) is 0 Å². The Labute approximate surface area is 85.0 Å². The van der Waals surface area contributed by atoms with Crippen LogP contribution in [0.5, 0.6) is 0 Å². The highest BCUT2D eigenvalue weighted by atomic mass is 16.2. The number of rotatable bonds is 1. The standard InChI is InChI=1S/C11H18N2O/c1-11(2)10(14)12-9(13-11)8-6-4-3-5-7-8/h8H,3-7H2,1-2H3,(H,12,13,14). The second-order valence-corrected chi connectivity index (χ2v) is 4.85. The summed E-state index contributed by atoms with van der Waals surface area (Å²) in [5, 5.41) is 2.92. The summed E-state index contributed by atoms with van der Waals surface area (Å²) in [6, 6.07) is 0. The molecule has 0 aromatic heterocycles. The molecule has 14 heavy (non-hydrogen) atoms. The van der Waals surface area contributed by atoms with E-state index in [9.17, 15) is 4.79 Å². The Morgan fingerprint density at radius 3 is 2.43 bits per heavy atom. The van der Waals surface area contributed by atoms with Crippen LogP contribution >= 0.6 is 0 Å². The van der Waals surface area contributed by atoms with Gasteiger partial charge in [-0.1, -0.05) is 19.3 Å². The summed E-state index contributed by atoms with van der Waals surface area (Å²) in [5.41, 5.74) is -0.535. The zero-order chi connectivity index (χ0) is 10.2. The smallest absolute Gasteiger partial charge is 0.252 e. The van der Waals surface area contributed by atoms with Gasteiger partial charge in [-0.15, -0.1) is 0 Å². The monoisotopic (exact) mass is 194 g/mol. The number of amides is 1. The van der Waals surface area contributed by atoms with Gasteiger partial charge >= 0.3 is 0 Å². The second kappa shape index (κ2) is 3.37. The van der Waals surface area contributed by atoms with Crippen LogP contribution in [0.1, 0.15) is 46.0 Å². The third-order valence-electron chi connectivity index (χ3n) is 3.19. The van der Waals surface area contributed by atoms with E-state index in [1.807, 2.05) is 13.8 Å². The Morgan fingerprint density at radius 1 is 1.29 bits per heavy atom. The largest absolute Gasteiger partial charge is 0.312 e. The van der Waals surface area contributed by atoms with Gasteiger partial charge in [0.2, 0.25) is 0 Å². The number of nitrogens with zero attached hydrogens (tertiary/aromatic N) is 1. The van der Waals surface area contributed by atoms with Crippen molar-refractivity contribution in [3.8, 4) is 0 Å². The van der Waals surface area contributed by atoms with Crippen molar-refractivity contribution in [1.29, 1.82) is 0 Å². The molecule has 1 amide bonds. The number of amidine groups is 1. The van der Waals surface area contributed by atoms with E-state index >= 15 is 0 Å². The lowest BCUT2D eigenvalue weighted by Gasteiger charge is -2.21. The minimum atomic E-state index is -0.535. The average molecular weight is 194 g/mol.